The van der Waals surface area contributed by atoms with Gasteiger partial charge in [0.1, 0.15) is 10.8 Å². The molecule has 4 heteroatoms. The number of thiazole rings is 1. The number of benzene rings is 2. The molecule has 0 unspecified atom stereocenters. The fourth-order valence-electron chi connectivity index (χ4n) is 1.66. The molecule has 3 aromatic rings. The molecule has 1 aromatic heterocycles. The van der Waals surface area contributed by atoms with Gasteiger partial charge in [-0.2, -0.15) is 0 Å². The number of nitrogens with zero attached hydrogens (tertiary/aromatic N) is 1. The lowest BCUT2D eigenvalue weighted by molar-refractivity contribution is 0.624. The molecule has 1 heterocycles. The van der Waals surface area contributed by atoms with Crippen molar-refractivity contribution in [3.05, 3.63) is 52.8 Å². The lowest BCUT2D eigenvalue weighted by Gasteiger charge is -1.99. The number of hydrogen-bond acceptors (Lipinski definition) is 2. The Bertz CT molecular complexity index is 660. The molecule has 0 aliphatic carbocycles. The van der Waals surface area contributed by atoms with Crippen LogP contribution in [0.3, 0.4) is 0 Å². The van der Waals surface area contributed by atoms with Crippen molar-refractivity contribution in [2.24, 2.45) is 0 Å². The molecule has 0 atom stereocenters. The van der Waals surface area contributed by atoms with E-state index in [9.17, 15) is 4.39 Å². The first kappa shape index (κ1) is 10.9. The Balaban J connectivity index is 2.24. The van der Waals surface area contributed by atoms with Gasteiger partial charge in [0.2, 0.25) is 0 Å². The number of rotatable bonds is 1. The summed E-state index contributed by atoms with van der Waals surface area (Å²) in [6.45, 7) is 0. The number of para-hydroxylation sites is 1. The topological polar surface area (TPSA) is 12.9 Å². The smallest absolute Gasteiger partial charge is 0.147 e. The zero-order valence-corrected chi connectivity index (χ0v) is 11.1. The highest BCUT2D eigenvalue weighted by Gasteiger charge is 2.12. The van der Waals surface area contributed by atoms with Crippen LogP contribution in [-0.4, -0.2) is 4.98 Å². The lowest BCUT2D eigenvalue weighted by Crippen LogP contribution is -1.84. The van der Waals surface area contributed by atoms with Crippen molar-refractivity contribution in [3.8, 4) is 10.6 Å². The van der Waals surface area contributed by atoms with E-state index in [2.05, 4.69) is 20.9 Å². The molecular weight excluding hydrogens is 301 g/mol. The van der Waals surface area contributed by atoms with Gasteiger partial charge in [-0.05, 0) is 40.2 Å². The molecule has 0 fully saturated rings. The number of halogens is 2. The molecule has 0 aliphatic heterocycles. The minimum Gasteiger partial charge on any atom is -0.236 e. The van der Waals surface area contributed by atoms with E-state index in [1.165, 1.54) is 11.3 Å². The second kappa shape index (κ2) is 4.20. The third kappa shape index (κ3) is 1.87. The average molecular weight is 308 g/mol. The SMILES string of the molecule is Fc1c(Br)cccc1-c1nc2ccccc2s1. The molecule has 0 aliphatic rings. The van der Waals surface area contributed by atoms with E-state index in [1.807, 2.05) is 30.3 Å². The molecule has 0 bridgehead atoms. The average Bonchev–Trinajstić information content (AvgIpc) is 2.76. The van der Waals surface area contributed by atoms with Crippen LogP contribution < -0.4 is 0 Å². The van der Waals surface area contributed by atoms with Gasteiger partial charge in [-0.1, -0.05) is 18.2 Å². The standard InChI is InChI=1S/C13H7BrFNS/c14-9-5-3-4-8(12(9)15)13-16-10-6-1-2-7-11(10)17-13/h1-7H. The van der Waals surface area contributed by atoms with Crippen LogP contribution in [0.15, 0.2) is 46.9 Å². The van der Waals surface area contributed by atoms with E-state index in [0.29, 0.717) is 15.0 Å². The number of aromatic nitrogens is 1. The van der Waals surface area contributed by atoms with Gasteiger partial charge in [0.25, 0.3) is 0 Å². The van der Waals surface area contributed by atoms with Crippen molar-refractivity contribution in [2.75, 3.05) is 0 Å². The predicted molar refractivity (Wildman–Crippen MR) is 72.7 cm³/mol. The Kier molecular flexibility index (Phi) is 2.68. The minimum atomic E-state index is -0.258. The van der Waals surface area contributed by atoms with Gasteiger partial charge in [0, 0.05) is 5.56 Å². The lowest BCUT2D eigenvalue weighted by atomic mass is 10.2. The summed E-state index contributed by atoms with van der Waals surface area (Å²) in [5, 5.41) is 0.713. The summed E-state index contributed by atoms with van der Waals surface area (Å²) < 4.78 is 15.5. The largest absolute Gasteiger partial charge is 0.236 e. The van der Waals surface area contributed by atoms with Crippen molar-refractivity contribution >= 4 is 37.5 Å². The van der Waals surface area contributed by atoms with E-state index in [0.717, 1.165) is 10.2 Å². The summed E-state index contributed by atoms with van der Waals surface area (Å²) in [6.07, 6.45) is 0. The van der Waals surface area contributed by atoms with Crippen LogP contribution in [0.5, 0.6) is 0 Å². The Hall–Kier alpha value is -1.26. The summed E-state index contributed by atoms with van der Waals surface area (Å²) in [5.74, 6) is -0.258. The van der Waals surface area contributed by atoms with Gasteiger partial charge < -0.3 is 0 Å². The molecule has 2 aromatic carbocycles. The van der Waals surface area contributed by atoms with E-state index in [4.69, 9.17) is 0 Å². The van der Waals surface area contributed by atoms with Crippen molar-refractivity contribution in [1.82, 2.24) is 4.98 Å². The van der Waals surface area contributed by atoms with Crippen LogP contribution in [0.25, 0.3) is 20.8 Å². The Morgan fingerprint density at radius 3 is 2.71 bits per heavy atom. The van der Waals surface area contributed by atoms with Gasteiger partial charge in [-0.3, -0.25) is 0 Å². The van der Waals surface area contributed by atoms with Crippen LogP contribution >= 0.6 is 27.3 Å². The molecule has 3 rings (SSSR count). The first-order valence-electron chi connectivity index (χ1n) is 5.05. The van der Waals surface area contributed by atoms with E-state index in [-0.39, 0.29) is 5.82 Å². The Morgan fingerprint density at radius 1 is 1.06 bits per heavy atom. The molecule has 0 amide bonds. The van der Waals surface area contributed by atoms with E-state index in [1.54, 1.807) is 12.1 Å². The molecular formula is C13H7BrFNS. The second-order valence-corrected chi connectivity index (χ2v) is 5.47. The van der Waals surface area contributed by atoms with Gasteiger partial charge in [-0.25, -0.2) is 9.37 Å². The highest BCUT2D eigenvalue weighted by molar-refractivity contribution is 9.10. The molecule has 0 spiro atoms. The van der Waals surface area contributed by atoms with Gasteiger partial charge in [0.05, 0.1) is 14.7 Å². The summed E-state index contributed by atoms with van der Waals surface area (Å²) in [4.78, 5) is 4.44. The van der Waals surface area contributed by atoms with Crippen LogP contribution in [0.1, 0.15) is 0 Å². The minimum absolute atomic E-state index is 0.258. The van der Waals surface area contributed by atoms with Crippen LogP contribution in [-0.2, 0) is 0 Å². The Morgan fingerprint density at radius 2 is 1.88 bits per heavy atom. The van der Waals surface area contributed by atoms with Crippen LogP contribution in [0.2, 0.25) is 0 Å². The van der Waals surface area contributed by atoms with E-state index < -0.39 is 0 Å². The summed E-state index contributed by atoms with van der Waals surface area (Å²) in [7, 11) is 0. The monoisotopic (exact) mass is 307 g/mol. The van der Waals surface area contributed by atoms with Crippen LogP contribution in [0, 0.1) is 5.82 Å². The van der Waals surface area contributed by atoms with Crippen molar-refractivity contribution in [1.29, 1.82) is 0 Å². The first-order chi connectivity index (χ1) is 8.25. The molecule has 0 saturated carbocycles. The van der Waals surface area contributed by atoms with Gasteiger partial charge in [-0.15, -0.1) is 11.3 Å². The fourth-order valence-corrected chi connectivity index (χ4v) is 3.01. The molecule has 0 radical (unpaired) electrons. The first-order valence-corrected chi connectivity index (χ1v) is 6.66. The molecule has 0 N–H and O–H groups in total. The zero-order valence-electron chi connectivity index (χ0n) is 8.65. The zero-order chi connectivity index (χ0) is 11.8. The maximum atomic E-state index is 13.9. The number of fused-ring (bicyclic) bond motifs is 1. The van der Waals surface area contributed by atoms with Crippen LogP contribution in [0.4, 0.5) is 4.39 Å². The quantitative estimate of drug-likeness (QED) is 0.625. The molecule has 17 heavy (non-hydrogen) atoms. The highest BCUT2D eigenvalue weighted by Crippen LogP contribution is 2.33. The van der Waals surface area contributed by atoms with Gasteiger partial charge >= 0.3 is 0 Å². The van der Waals surface area contributed by atoms with Crippen molar-refractivity contribution in [2.45, 2.75) is 0 Å². The summed E-state index contributed by atoms with van der Waals surface area (Å²) >= 11 is 4.69. The molecule has 84 valence electrons. The van der Waals surface area contributed by atoms with Gasteiger partial charge in [0.15, 0.2) is 0 Å². The van der Waals surface area contributed by atoms with Crippen molar-refractivity contribution in [3.63, 3.8) is 0 Å². The fraction of sp³-hybridized carbons (Fsp3) is 0. The third-order valence-corrected chi connectivity index (χ3v) is 4.16. The Labute approximate surface area is 110 Å². The normalized spacial score (nSPS) is 10.9. The summed E-state index contributed by atoms with van der Waals surface area (Å²) in [5.41, 5.74) is 1.45. The van der Waals surface area contributed by atoms with Crippen molar-refractivity contribution < 1.29 is 4.39 Å². The maximum Gasteiger partial charge on any atom is 0.147 e. The van der Waals surface area contributed by atoms with E-state index >= 15 is 0 Å². The number of hydrogen-bond donors (Lipinski definition) is 0. The predicted octanol–water partition coefficient (Wildman–Crippen LogP) is 4.86. The second-order valence-electron chi connectivity index (χ2n) is 3.59. The molecule has 0 saturated heterocycles. The molecule has 1 nitrogen and oxygen atoms in total. The summed E-state index contributed by atoms with van der Waals surface area (Å²) in [6, 6.07) is 13.1. The third-order valence-electron chi connectivity index (χ3n) is 2.48. The maximum absolute atomic E-state index is 13.9. The highest BCUT2D eigenvalue weighted by atomic mass is 79.9.